The molecule has 4 nitrogen and oxygen atoms in total. The molecule has 0 aromatic heterocycles. The van der Waals surface area contributed by atoms with Crippen LogP contribution in [-0.4, -0.2) is 43.5 Å². The van der Waals surface area contributed by atoms with Crippen molar-refractivity contribution in [3.63, 3.8) is 0 Å². The van der Waals surface area contributed by atoms with Crippen molar-refractivity contribution >= 4 is 5.91 Å². The van der Waals surface area contributed by atoms with Crippen LogP contribution in [0.15, 0.2) is 0 Å². The molecule has 1 rings (SSSR count). The lowest BCUT2D eigenvalue weighted by molar-refractivity contribution is -0.124. The summed E-state index contributed by atoms with van der Waals surface area (Å²) in [7, 11) is 3.85. The Hall–Kier alpha value is -0.610. The number of nitrogens with two attached hydrogens (primary N) is 1. The van der Waals surface area contributed by atoms with Gasteiger partial charge in [0.2, 0.25) is 5.91 Å². The minimum Gasteiger partial charge on any atom is -0.350 e. The van der Waals surface area contributed by atoms with Gasteiger partial charge in [0.25, 0.3) is 0 Å². The molecular weight excluding hydrogens is 214 g/mol. The summed E-state index contributed by atoms with van der Waals surface area (Å²) >= 11 is 0. The van der Waals surface area contributed by atoms with Crippen LogP contribution in [0.2, 0.25) is 0 Å². The van der Waals surface area contributed by atoms with Crippen LogP contribution in [0.25, 0.3) is 0 Å². The molecule has 1 aliphatic carbocycles. The largest absolute Gasteiger partial charge is 0.350 e. The second-order valence-electron chi connectivity index (χ2n) is 5.52. The van der Waals surface area contributed by atoms with Crippen molar-refractivity contribution in [1.29, 1.82) is 0 Å². The molecule has 0 unspecified atom stereocenters. The Morgan fingerprint density at radius 3 is 2.47 bits per heavy atom. The number of hydrogen-bond acceptors (Lipinski definition) is 3. The Balaban J connectivity index is 2.53. The zero-order valence-electron chi connectivity index (χ0n) is 11.3. The zero-order valence-corrected chi connectivity index (χ0v) is 11.3. The highest BCUT2D eigenvalue weighted by molar-refractivity contribution is 5.78. The fraction of sp³-hybridized carbons (Fsp3) is 0.923. The molecule has 0 saturated heterocycles. The van der Waals surface area contributed by atoms with Gasteiger partial charge in [0.1, 0.15) is 0 Å². The fourth-order valence-corrected chi connectivity index (χ4v) is 2.73. The highest BCUT2D eigenvalue weighted by Gasteiger charge is 2.32. The van der Waals surface area contributed by atoms with Crippen LogP contribution < -0.4 is 11.1 Å². The summed E-state index contributed by atoms with van der Waals surface area (Å²) in [6.45, 7) is 1.19. The van der Waals surface area contributed by atoms with Gasteiger partial charge in [-0.3, -0.25) is 4.79 Å². The van der Waals surface area contributed by atoms with Gasteiger partial charge in [0.15, 0.2) is 0 Å². The molecule has 1 aliphatic rings. The van der Waals surface area contributed by atoms with Crippen LogP contribution in [0, 0.1) is 0 Å². The average molecular weight is 241 g/mol. The third-order valence-corrected chi connectivity index (χ3v) is 3.53. The van der Waals surface area contributed by atoms with Gasteiger partial charge in [-0.1, -0.05) is 19.3 Å². The molecule has 1 amide bonds. The van der Waals surface area contributed by atoms with Crippen molar-refractivity contribution in [1.82, 2.24) is 10.2 Å². The first-order valence-electron chi connectivity index (χ1n) is 6.74. The van der Waals surface area contributed by atoms with Crippen LogP contribution in [-0.2, 0) is 4.79 Å². The molecule has 0 heterocycles. The summed E-state index contributed by atoms with van der Waals surface area (Å²) < 4.78 is 0. The Morgan fingerprint density at radius 1 is 1.29 bits per heavy atom. The van der Waals surface area contributed by atoms with Crippen LogP contribution in [0.1, 0.15) is 44.9 Å². The number of nitrogens with one attached hydrogen (secondary N) is 1. The molecule has 17 heavy (non-hydrogen) atoms. The smallest absolute Gasteiger partial charge is 0.234 e. The minimum absolute atomic E-state index is 0.0325. The Kier molecular flexibility index (Phi) is 5.92. The normalized spacial score (nSPS) is 19.3. The minimum atomic E-state index is 0.0325. The number of likely N-dealkylation sites (N-methyl/N-ethyl adjacent to an activating group) is 1. The van der Waals surface area contributed by atoms with E-state index in [2.05, 4.69) is 5.32 Å². The lowest BCUT2D eigenvalue weighted by Gasteiger charge is -2.38. The first-order valence-corrected chi connectivity index (χ1v) is 6.74. The van der Waals surface area contributed by atoms with E-state index in [1.807, 2.05) is 19.0 Å². The second kappa shape index (κ2) is 6.97. The predicted octanol–water partition coefficient (Wildman–Crippen LogP) is 1.11. The van der Waals surface area contributed by atoms with Gasteiger partial charge in [0, 0.05) is 5.54 Å². The summed E-state index contributed by atoms with van der Waals surface area (Å²) in [6, 6.07) is 0. The van der Waals surface area contributed by atoms with Gasteiger partial charge in [-0.25, -0.2) is 0 Å². The molecule has 0 atom stereocenters. The van der Waals surface area contributed by atoms with Crippen molar-refractivity contribution < 1.29 is 4.79 Å². The van der Waals surface area contributed by atoms with Gasteiger partial charge in [-0.05, 0) is 46.3 Å². The average Bonchev–Trinajstić information content (AvgIpc) is 2.26. The van der Waals surface area contributed by atoms with E-state index in [0.717, 1.165) is 25.7 Å². The van der Waals surface area contributed by atoms with E-state index in [1.165, 1.54) is 19.3 Å². The number of carbonyl (C=O) groups is 1. The maximum Gasteiger partial charge on any atom is 0.234 e. The number of hydrogen-bond donors (Lipinski definition) is 2. The standard InChI is InChI=1S/C13H27N3O/c1-16(2)11-12(17)15-13(9-6-10-14)7-4-3-5-8-13/h3-11,14H2,1-2H3,(H,15,17). The number of rotatable bonds is 6. The van der Waals surface area contributed by atoms with Crippen LogP contribution in [0.4, 0.5) is 0 Å². The van der Waals surface area contributed by atoms with Crippen molar-refractivity contribution in [3.8, 4) is 0 Å². The summed E-state index contributed by atoms with van der Waals surface area (Å²) in [4.78, 5) is 13.8. The maximum atomic E-state index is 11.9. The second-order valence-corrected chi connectivity index (χ2v) is 5.52. The molecule has 0 radical (unpaired) electrons. The molecule has 3 N–H and O–H groups in total. The topological polar surface area (TPSA) is 58.4 Å². The number of carbonyl (C=O) groups excluding carboxylic acids is 1. The molecule has 0 aromatic carbocycles. The third-order valence-electron chi connectivity index (χ3n) is 3.53. The Labute approximate surface area is 105 Å². The van der Waals surface area contributed by atoms with E-state index in [4.69, 9.17) is 5.73 Å². The molecular formula is C13H27N3O. The van der Waals surface area contributed by atoms with Gasteiger partial charge in [0.05, 0.1) is 6.54 Å². The highest BCUT2D eigenvalue weighted by atomic mass is 16.2. The first kappa shape index (κ1) is 14.5. The van der Waals surface area contributed by atoms with E-state index in [1.54, 1.807) is 0 Å². The van der Waals surface area contributed by atoms with Gasteiger partial charge >= 0.3 is 0 Å². The fourth-order valence-electron chi connectivity index (χ4n) is 2.73. The molecule has 4 heteroatoms. The van der Waals surface area contributed by atoms with Crippen LogP contribution in [0.5, 0.6) is 0 Å². The molecule has 1 saturated carbocycles. The monoisotopic (exact) mass is 241 g/mol. The zero-order chi connectivity index (χ0) is 12.7. The lowest BCUT2D eigenvalue weighted by Crippen LogP contribution is -2.52. The predicted molar refractivity (Wildman–Crippen MR) is 70.8 cm³/mol. The van der Waals surface area contributed by atoms with E-state index < -0.39 is 0 Å². The van der Waals surface area contributed by atoms with E-state index in [-0.39, 0.29) is 11.4 Å². The van der Waals surface area contributed by atoms with Crippen molar-refractivity contribution in [3.05, 3.63) is 0 Å². The number of amides is 1. The van der Waals surface area contributed by atoms with E-state index >= 15 is 0 Å². The van der Waals surface area contributed by atoms with Crippen molar-refractivity contribution in [2.24, 2.45) is 5.73 Å². The van der Waals surface area contributed by atoms with Crippen LogP contribution >= 0.6 is 0 Å². The molecule has 0 aliphatic heterocycles. The molecule has 1 fully saturated rings. The summed E-state index contributed by atoms with van der Waals surface area (Å²) in [5.41, 5.74) is 5.63. The summed E-state index contributed by atoms with van der Waals surface area (Å²) in [6.07, 6.45) is 8.02. The third kappa shape index (κ3) is 5.04. The quantitative estimate of drug-likeness (QED) is 0.732. The van der Waals surface area contributed by atoms with Crippen LogP contribution in [0.3, 0.4) is 0 Å². The van der Waals surface area contributed by atoms with Crippen molar-refractivity contribution in [2.45, 2.75) is 50.5 Å². The van der Waals surface area contributed by atoms with Gasteiger partial charge in [-0.2, -0.15) is 0 Å². The van der Waals surface area contributed by atoms with Gasteiger partial charge < -0.3 is 16.0 Å². The molecule has 0 aromatic rings. The van der Waals surface area contributed by atoms with E-state index in [0.29, 0.717) is 13.1 Å². The summed E-state index contributed by atoms with van der Waals surface area (Å²) in [5, 5.41) is 3.26. The summed E-state index contributed by atoms with van der Waals surface area (Å²) in [5.74, 6) is 0.147. The molecule has 100 valence electrons. The number of nitrogens with zero attached hydrogens (tertiary/aromatic N) is 1. The lowest BCUT2D eigenvalue weighted by atomic mass is 9.78. The first-order chi connectivity index (χ1) is 8.08. The van der Waals surface area contributed by atoms with Crippen molar-refractivity contribution in [2.75, 3.05) is 27.2 Å². The highest BCUT2D eigenvalue weighted by Crippen LogP contribution is 2.31. The SMILES string of the molecule is CN(C)CC(=O)NC1(CCCN)CCCCC1. The molecule has 0 bridgehead atoms. The van der Waals surface area contributed by atoms with Gasteiger partial charge in [-0.15, -0.1) is 0 Å². The molecule has 0 spiro atoms. The maximum absolute atomic E-state index is 11.9. The van der Waals surface area contributed by atoms with E-state index in [9.17, 15) is 4.79 Å². The Bertz CT molecular complexity index is 235. The Morgan fingerprint density at radius 2 is 1.94 bits per heavy atom.